The number of aliphatic hydroxyl groups is 2. The average Bonchev–Trinajstić information content (AvgIpc) is 2.94. The van der Waals surface area contributed by atoms with Gasteiger partial charge in [0.25, 0.3) is 0 Å². The minimum Gasteiger partial charge on any atom is -0.394 e. The molecule has 0 heterocycles. The molecule has 0 aromatic heterocycles. The molecule has 0 fully saturated rings. The van der Waals surface area contributed by atoms with E-state index in [1.54, 1.807) is 0 Å². The van der Waals surface area contributed by atoms with Crippen LogP contribution in [0, 0.1) is 0 Å². The van der Waals surface area contributed by atoms with Gasteiger partial charge >= 0.3 is 0 Å². The first-order valence-corrected chi connectivity index (χ1v) is 17.4. The number of hydrogen-bond donors (Lipinski definition) is 3. The summed E-state index contributed by atoms with van der Waals surface area (Å²) in [7, 11) is 0. The van der Waals surface area contributed by atoms with Crippen LogP contribution in [0.3, 0.4) is 0 Å². The Kier molecular flexibility index (Phi) is 30.9. The fraction of sp³-hybridized carbons (Fsp3) is 0.914. The molecular formula is C35H69NO3. The van der Waals surface area contributed by atoms with E-state index in [0.29, 0.717) is 12.8 Å². The molecule has 0 aromatic carbocycles. The number of aliphatic hydroxyl groups excluding tert-OH is 2. The Labute approximate surface area is 244 Å². The van der Waals surface area contributed by atoms with Gasteiger partial charge in [0, 0.05) is 6.42 Å². The van der Waals surface area contributed by atoms with Crippen molar-refractivity contribution in [2.24, 2.45) is 0 Å². The van der Waals surface area contributed by atoms with Crippen LogP contribution >= 0.6 is 0 Å². The van der Waals surface area contributed by atoms with Gasteiger partial charge in [-0.25, -0.2) is 0 Å². The summed E-state index contributed by atoms with van der Waals surface area (Å²) in [6.45, 7) is 4.32. The number of rotatable bonds is 31. The van der Waals surface area contributed by atoms with Crippen molar-refractivity contribution in [1.29, 1.82) is 0 Å². The van der Waals surface area contributed by atoms with Gasteiger partial charge in [0.05, 0.1) is 18.8 Å². The van der Waals surface area contributed by atoms with Crippen LogP contribution in [0.4, 0.5) is 0 Å². The van der Waals surface area contributed by atoms with Crippen LogP contribution in [0.2, 0.25) is 0 Å². The maximum absolute atomic E-state index is 12.2. The minimum absolute atomic E-state index is 0.0435. The molecule has 2 atom stereocenters. The molecule has 0 aliphatic rings. The normalized spacial score (nSPS) is 13.2. The third-order valence-electron chi connectivity index (χ3n) is 8.03. The molecule has 0 rings (SSSR count). The van der Waals surface area contributed by atoms with E-state index in [0.717, 1.165) is 32.1 Å². The summed E-state index contributed by atoms with van der Waals surface area (Å²) in [6.07, 6.45) is 36.9. The zero-order valence-corrected chi connectivity index (χ0v) is 26.4. The summed E-state index contributed by atoms with van der Waals surface area (Å²) in [5.74, 6) is -0.0435. The first-order valence-electron chi connectivity index (χ1n) is 17.4. The monoisotopic (exact) mass is 552 g/mol. The molecule has 0 spiro atoms. The lowest BCUT2D eigenvalue weighted by molar-refractivity contribution is -0.123. The van der Waals surface area contributed by atoms with Gasteiger partial charge in [0.2, 0.25) is 5.91 Å². The van der Waals surface area contributed by atoms with Crippen molar-refractivity contribution in [3.8, 4) is 0 Å². The van der Waals surface area contributed by atoms with Crippen molar-refractivity contribution in [2.45, 2.75) is 199 Å². The third kappa shape index (κ3) is 28.5. The Morgan fingerprint density at radius 3 is 1.41 bits per heavy atom. The summed E-state index contributed by atoms with van der Waals surface area (Å²) in [5.41, 5.74) is 0. The van der Waals surface area contributed by atoms with E-state index < -0.39 is 12.1 Å². The zero-order chi connectivity index (χ0) is 28.7. The van der Waals surface area contributed by atoms with Crippen LogP contribution in [-0.2, 0) is 4.79 Å². The number of carbonyl (C=O) groups excluding carboxylic acids is 1. The molecule has 4 heteroatoms. The van der Waals surface area contributed by atoms with Gasteiger partial charge in [0.1, 0.15) is 0 Å². The molecule has 232 valence electrons. The Morgan fingerprint density at radius 1 is 0.590 bits per heavy atom. The van der Waals surface area contributed by atoms with Gasteiger partial charge < -0.3 is 15.5 Å². The van der Waals surface area contributed by atoms with Crippen molar-refractivity contribution in [3.05, 3.63) is 12.2 Å². The molecular weight excluding hydrogens is 482 g/mol. The van der Waals surface area contributed by atoms with Crippen LogP contribution in [0.5, 0.6) is 0 Å². The van der Waals surface area contributed by atoms with Gasteiger partial charge in [-0.15, -0.1) is 0 Å². The second-order valence-corrected chi connectivity index (χ2v) is 11.9. The molecule has 0 saturated carbocycles. The van der Waals surface area contributed by atoms with E-state index in [9.17, 15) is 15.0 Å². The number of hydrogen-bond acceptors (Lipinski definition) is 3. The molecule has 0 aliphatic heterocycles. The van der Waals surface area contributed by atoms with Crippen molar-refractivity contribution in [1.82, 2.24) is 5.32 Å². The van der Waals surface area contributed by atoms with Crippen LogP contribution < -0.4 is 5.32 Å². The molecule has 0 aliphatic carbocycles. The summed E-state index contributed by atoms with van der Waals surface area (Å²) < 4.78 is 0. The van der Waals surface area contributed by atoms with Crippen LogP contribution in [-0.4, -0.2) is 34.9 Å². The van der Waals surface area contributed by atoms with Crippen molar-refractivity contribution >= 4 is 5.91 Å². The maximum Gasteiger partial charge on any atom is 0.220 e. The van der Waals surface area contributed by atoms with Crippen molar-refractivity contribution < 1.29 is 15.0 Å². The fourth-order valence-electron chi connectivity index (χ4n) is 5.29. The Hall–Kier alpha value is -0.870. The van der Waals surface area contributed by atoms with Crippen LogP contribution in [0.25, 0.3) is 0 Å². The standard InChI is InChI=1S/C35H69NO3/c1-3-5-7-9-11-13-15-16-17-18-19-20-21-22-24-26-28-30-34(38)33(32-37)36-35(39)31-29-27-25-23-14-12-10-8-6-4-2/h21-22,33-34,37-38H,3-20,23-32H2,1-2H3,(H,36,39)/b22-21+/t33-,34+/m0/s1. The highest BCUT2D eigenvalue weighted by Crippen LogP contribution is 2.14. The molecule has 0 radical (unpaired) electrons. The van der Waals surface area contributed by atoms with Gasteiger partial charge in [-0.05, 0) is 38.5 Å². The SMILES string of the molecule is CCCCCCCCCCCCC/C=C/CCCC[C@@H](O)[C@H](CO)NC(=O)CCCCCCCCCCCC. The van der Waals surface area contributed by atoms with Crippen LogP contribution in [0.15, 0.2) is 12.2 Å². The number of allylic oxidation sites excluding steroid dienone is 2. The number of unbranched alkanes of at least 4 members (excludes halogenated alkanes) is 22. The van der Waals surface area contributed by atoms with E-state index in [1.165, 1.54) is 128 Å². The lowest BCUT2D eigenvalue weighted by Crippen LogP contribution is -2.45. The topological polar surface area (TPSA) is 69.6 Å². The Morgan fingerprint density at radius 2 is 0.974 bits per heavy atom. The maximum atomic E-state index is 12.2. The summed E-state index contributed by atoms with van der Waals surface area (Å²) in [4.78, 5) is 12.2. The largest absolute Gasteiger partial charge is 0.394 e. The number of nitrogens with one attached hydrogen (secondary N) is 1. The van der Waals surface area contributed by atoms with E-state index >= 15 is 0 Å². The average molecular weight is 552 g/mol. The van der Waals surface area contributed by atoms with Crippen molar-refractivity contribution in [2.75, 3.05) is 6.61 Å². The molecule has 3 N–H and O–H groups in total. The highest BCUT2D eigenvalue weighted by Gasteiger charge is 2.19. The second kappa shape index (κ2) is 31.7. The molecule has 1 amide bonds. The first kappa shape index (κ1) is 38.1. The number of carbonyl (C=O) groups is 1. The molecule has 0 unspecified atom stereocenters. The first-order chi connectivity index (χ1) is 19.2. The summed E-state index contributed by atoms with van der Waals surface area (Å²) in [5, 5.41) is 22.9. The predicted molar refractivity (Wildman–Crippen MR) is 170 cm³/mol. The fourth-order valence-corrected chi connectivity index (χ4v) is 5.29. The smallest absolute Gasteiger partial charge is 0.220 e. The van der Waals surface area contributed by atoms with E-state index in [1.807, 2.05) is 0 Å². The lowest BCUT2D eigenvalue weighted by atomic mass is 10.0. The zero-order valence-electron chi connectivity index (χ0n) is 26.4. The highest BCUT2D eigenvalue weighted by molar-refractivity contribution is 5.76. The Balaban J connectivity index is 3.59. The third-order valence-corrected chi connectivity index (χ3v) is 8.03. The molecule has 0 bridgehead atoms. The predicted octanol–water partition coefficient (Wildman–Crippen LogP) is 9.95. The quantitative estimate of drug-likeness (QED) is 0.0593. The van der Waals surface area contributed by atoms with Gasteiger partial charge in [0.15, 0.2) is 0 Å². The highest BCUT2D eigenvalue weighted by atomic mass is 16.3. The van der Waals surface area contributed by atoms with E-state index in [4.69, 9.17) is 0 Å². The van der Waals surface area contributed by atoms with Gasteiger partial charge in [-0.1, -0.05) is 154 Å². The second-order valence-electron chi connectivity index (χ2n) is 11.9. The van der Waals surface area contributed by atoms with Crippen LogP contribution in [0.1, 0.15) is 187 Å². The molecule has 4 nitrogen and oxygen atoms in total. The van der Waals surface area contributed by atoms with Crippen molar-refractivity contribution in [3.63, 3.8) is 0 Å². The molecule has 39 heavy (non-hydrogen) atoms. The number of amides is 1. The molecule has 0 aromatic rings. The van der Waals surface area contributed by atoms with E-state index in [-0.39, 0.29) is 12.5 Å². The van der Waals surface area contributed by atoms with E-state index in [2.05, 4.69) is 31.3 Å². The summed E-state index contributed by atoms with van der Waals surface area (Å²) >= 11 is 0. The Bertz CT molecular complexity index is 522. The summed E-state index contributed by atoms with van der Waals surface area (Å²) in [6, 6.07) is -0.544. The van der Waals surface area contributed by atoms with Gasteiger partial charge in [-0.2, -0.15) is 0 Å². The molecule has 0 saturated heterocycles. The lowest BCUT2D eigenvalue weighted by Gasteiger charge is -2.22. The van der Waals surface area contributed by atoms with Gasteiger partial charge in [-0.3, -0.25) is 4.79 Å². The minimum atomic E-state index is -0.674.